The molecule has 0 aliphatic heterocycles. The molecule has 0 unspecified atom stereocenters. The zero-order valence-electron chi connectivity index (χ0n) is 17.8. The molecule has 0 saturated heterocycles. The van der Waals surface area contributed by atoms with E-state index in [1.54, 1.807) is 24.9 Å². The van der Waals surface area contributed by atoms with Crippen molar-refractivity contribution < 1.29 is 9.32 Å². The number of rotatable bonds is 6. The Balaban J connectivity index is 1.53. The predicted molar refractivity (Wildman–Crippen MR) is 121 cm³/mol. The molecule has 3 heterocycles. The maximum atomic E-state index is 12.9. The number of aromatic amines is 1. The normalized spacial score (nSPS) is 11.4. The smallest absolute Gasteiger partial charge is 0.260 e. The zero-order chi connectivity index (χ0) is 22.1. The molecule has 160 valence electrons. The molecule has 0 aliphatic carbocycles. The lowest BCUT2D eigenvalue weighted by Crippen LogP contribution is -2.31. The first kappa shape index (κ1) is 21.0. The molecule has 9 heteroatoms. The van der Waals surface area contributed by atoms with Gasteiger partial charge in [0, 0.05) is 16.5 Å². The minimum atomic E-state index is -0.229. The molecule has 4 aromatic rings. The summed E-state index contributed by atoms with van der Waals surface area (Å²) < 4.78 is 4.94. The molecule has 8 nitrogen and oxygen atoms in total. The van der Waals surface area contributed by atoms with Gasteiger partial charge in [-0.15, -0.1) is 11.3 Å². The second kappa shape index (κ2) is 8.44. The van der Waals surface area contributed by atoms with E-state index in [1.165, 1.54) is 16.9 Å². The number of aryl methyl sites for hydroxylation is 3. The fourth-order valence-electron chi connectivity index (χ4n) is 3.47. The zero-order valence-corrected chi connectivity index (χ0v) is 18.6. The highest BCUT2D eigenvalue weighted by molar-refractivity contribution is 7.19. The highest BCUT2D eigenvalue weighted by atomic mass is 32.1. The molecule has 0 bridgehead atoms. The Hall–Kier alpha value is -3.30. The SMILES string of the molecule is Cc1ccc(-c2c(C)sc3nc(CN(C)CC(=O)Nc4cc(C)on4)[nH]c(=O)c23)cc1. The number of nitrogens with zero attached hydrogens (tertiary/aromatic N) is 3. The molecule has 2 N–H and O–H groups in total. The number of H-pyrrole nitrogens is 1. The number of nitrogens with one attached hydrogen (secondary N) is 2. The van der Waals surface area contributed by atoms with Gasteiger partial charge in [0.15, 0.2) is 5.82 Å². The molecule has 31 heavy (non-hydrogen) atoms. The number of fused-ring (bicyclic) bond motifs is 1. The lowest BCUT2D eigenvalue weighted by atomic mass is 10.0. The average Bonchev–Trinajstić information content (AvgIpc) is 3.24. The van der Waals surface area contributed by atoms with Crippen molar-refractivity contribution in [2.75, 3.05) is 18.9 Å². The molecule has 3 aromatic heterocycles. The van der Waals surface area contributed by atoms with Crippen LogP contribution in [-0.2, 0) is 11.3 Å². The van der Waals surface area contributed by atoms with E-state index >= 15 is 0 Å². The molecular formula is C22H23N5O3S. The van der Waals surface area contributed by atoms with Gasteiger partial charge >= 0.3 is 0 Å². The third-order valence-corrected chi connectivity index (χ3v) is 5.86. The minimum absolute atomic E-state index is 0.117. The van der Waals surface area contributed by atoms with Crippen LogP contribution in [0.25, 0.3) is 21.3 Å². The highest BCUT2D eigenvalue weighted by Crippen LogP contribution is 2.35. The quantitative estimate of drug-likeness (QED) is 0.477. The number of amides is 1. The van der Waals surface area contributed by atoms with Gasteiger partial charge < -0.3 is 14.8 Å². The lowest BCUT2D eigenvalue weighted by molar-refractivity contribution is -0.117. The summed E-state index contributed by atoms with van der Waals surface area (Å²) in [5.41, 5.74) is 2.93. The molecular weight excluding hydrogens is 414 g/mol. The van der Waals surface area contributed by atoms with Crippen molar-refractivity contribution in [2.24, 2.45) is 0 Å². The Morgan fingerprint density at radius 2 is 1.97 bits per heavy atom. The van der Waals surface area contributed by atoms with Gasteiger partial charge in [-0.2, -0.15) is 0 Å². The Bertz CT molecular complexity index is 1300. The van der Waals surface area contributed by atoms with Crippen LogP contribution in [0.1, 0.15) is 22.0 Å². The first-order valence-corrected chi connectivity index (χ1v) is 10.6. The van der Waals surface area contributed by atoms with Gasteiger partial charge in [0.05, 0.1) is 18.5 Å². The van der Waals surface area contributed by atoms with E-state index in [1.807, 2.05) is 38.1 Å². The van der Waals surface area contributed by atoms with Gasteiger partial charge in [0.2, 0.25) is 5.91 Å². The van der Waals surface area contributed by atoms with Crippen molar-refractivity contribution >= 4 is 33.3 Å². The van der Waals surface area contributed by atoms with Gasteiger partial charge in [-0.3, -0.25) is 14.5 Å². The maximum absolute atomic E-state index is 12.9. The van der Waals surface area contributed by atoms with Gasteiger partial charge in [-0.25, -0.2) is 4.98 Å². The Kier molecular flexibility index (Phi) is 5.71. The molecule has 0 fully saturated rings. The second-order valence-electron chi connectivity index (χ2n) is 7.64. The second-order valence-corrected chi connectivity index (χ2v) is 8.84. The molecule has 0 radical (unpaired) electrons. The maximum Gasteiger partial charge on any atom is 0.260 e. The van der Waals surface area contributed by atoms with Gasteiger partial charge in [-0.1, -0.05) is 35.0 Å². The molecule has 1 amide bonds. The number of anilines is 1. The predicted octanol–water partition coefficient (Wildman–Crippen LogP) is 3.64. The first-order chi connectivity index (χ1) is 14.8. The standard InChI is InChI=1S/C22H23N5O3S/c1-12-5-7-15(8-6-12)19-14(3)31-22-20(19)21(29)24-17(25-22)10-27(4)11-18(28)23-16-9-13(2)30-26-16/h5-9H,10-11H2,1-4H3,(H,23,26,28)(H,24,25,29). The fourth-order valence-corrected chi connectivity index (χ4v) is 4.54. The van der Waals surface area contributed by atoms with E-state index in [0.717, 1.165) is 16.0 Å². The van der Waals surface area contributed by atoms with Crippen LogP contribution in [0, 0.1) is 20.8 Å². The summed E-state index contributed by atoms with van der Waals surface area (Å²) >= 11 is 1.50. The summed E-state index contributed by atoms with van der Waals surface area (Å²) in [5.74, 6) is 1.28. The van der Waals surface area contributed by atoms with Crippen molar-refractivity contribution in [3.63, 3.8) is 0 Å². The first-order valence-electron chi connectivity index (χ1n) is 9.81. The van der Waals surface area contributed by atoms with Crippen LogP contribution in [0.4, 0.5) is 5.82 Å². The molecule has 0 atom stereocenters. The van der Waals surface area contributed by atoms with Crippen LogP contribution in [-0.4, -0.2) is 39.5 Å². The third-order valence-electron chi connectivity index (χ3n) is 4.86. The molecule has 0 aliphatic rings. The van der Waals surface area contributed by atoms with Crippen molar-refractivity contribution in [1.82, 2.24) is 20.0 Å². The summed E-state index contributed by atoms with van der Waals surface area (Å²) in [6.45, 7) is 6.23. The van der Waals surface area contributed by atoms with E-state index < -0.39 is 0 Å². The van der Waals surface area contributed by atoms with E-state index in [0.29, 0.717) is 34.2 Å². The Morgan fingerprint density at radius 1 is 1.23 bits per heavy atom. The lowest BCUT2D eigenvalue weighted by Gasteiger charge is -2.15. The van der Waals surface area contributed by atoms with E-state index in [-0.39, 0.29) is 18.0 Å². The topological polar surface area (TPSA) is 104 Å². The van der Waals surface area contributed by atoms with Gasteiger partial charge in [-0.05, 0) is 33.4 Å². The van der Waals surface area contributed by atoms with Crippen molar-refractivity contribution in [3.05, 3.63) is 62.7 Å². The summed E-state index contributed by atoms with van der Waals surface area (Å²) in [5, 5.41) is 7.03. The number of carbonyl (C=O) groups is 1. The van der Waals surface area contributed by atoms with Crippen LogP contribution in [0.3, 0.4) is 0 Å². The van der Waals surface area contributed by atoms with Crippen LogP contribution in [0.15, 0.2) is 39.6 Å². The monoisotopic (exact) mass is 437 g/mol. The van der Waals surface area contributed by atoms with Crippen LogP contribution >= 0.6 is 11.3 Å². The van der Waals surface area contributed by atoms with E-state index in [4.69, 9.17) is 4.52 Å². The fraction of sp³-hybridized carbons (Fsp3) is 0.273. The molecule has 1 aromatic carbocycles. The summed E-state index contributed by atoms with van der Waals surface area (Å²) in [4.78, 5) is 36.2. The number of carbonyl (C=O) groups excluding carboxylic acids is 1. The summed E-state index contributed by atoms with van der Waals surface area (Å²) in [6.07, 6.45) is 0. The Labute approximate surface area is 182 Å². The highest BCUT2D eigenvalue weighted by Gasteiger charge is 2.18. The molecule has 0 spiro atoms. The van der Waals surface area contributed by atoms with Crippen LogP contribution in [0.2, 0.25) is 0 Å². The number of hydrogen-bond acceptors (Lipinski definition) is 7. The molecule has 4 rings (SSSR count). The largest absolute Gasteiger partial charge is 0.360 e. The van der Waals surface area contributed by atoms with Crippen molar-refractivity contribution in [2.45, 2.75) is 27.3 Å². The summed E-state index contributed by atoms with van der Waals surface area (Å²) in [6, 6.07) is 9.78. The number of likely N-dealkylation sites (N-methyl/N-ethyl adjacent to an activating group) is 1. The van der Waals surface area contributed by atoms with Gasteiger partial charge in [0.25, 0.3) is 5.56 Å². The minimum Gasteiger partial charge on any atom is -0.360 e. The number of aromatic nitrogens is 3. The Morgan fingerprint density at radius 3 is 2.65 bits per heavy atom. The number of thiophene rings is 1. The van der Waals surface area contributed by atoms with Crippen molar-refractivity contribution in [1.29, 1.82) is 0 Å². The third kappa shape index (κ3) is 4.57. The van der Waals surface area contributed by atoms with Crippen LogP contribution < -0.4 is 10.9 Å². The number of benzene rings is 1. The van der Waals surface area contributed by atoms with E-state index in [9.17, 15) is 9.59 Å². The van der Waals surface area contributed by atoms with E-state index in [2.05, 4.69) is 20.4 Å². The average molecular weight is 438 g/mol. The van der Waals surface area contributed by atoms with Crippen molar-refractivity contribution in [3.8, 4) is 11.1 Å². The molecule has 0 saturated carbocycles. The number of hydrogen-bond donors (Lipinski definition) is 2. The summed E-state index contributed by atoms with van der Waals surface area (Å²) in [7, 11) is 1.79. The van der Waals surface area contributed by atoms with Gasteiger partial charge in [0.1, 0.15) is 16.4 Å². The van der Waals surface area contributed by atoms with Crippen LogP contribution in [0.5, 0.6) is 0 Å².